The van der Waals surface area contributed by atoms with Crippen molar-refractivity contribution in [3.05, 3.63) is 52.3 Å². The van der Waals surface area contributed by atoms with E-state index < -0.39 is 16.7 Å². The number of anilines is 1. The Bertz CT molecular complexity index is 415. The summed E-state index contributed by atoms with van der Waals surface area (Å²) in [5, 5.41) is 12.3. The van der Waals surface area contributed by atoms with Crippen LogP contribution in [-0.4, -0.2) is 4.92 Å². The molecule has 0 atom stereocenters. The fraction of sp³-hybridized carbons (Fsp3) is 0.111. The number of hydrogen-bond acceptors (Lipinski definition) is 3. The van der Waals surface area contributed by atoms with Gasteiger partial charge in [-0.05, 0) is 18.2 Å². The van der Waals surface area contributed by atoms with Crippen LogP contribution in [0.3, 0.4) is 0 Å². The third-order valence-electron chi connectivity index (χ3n) is 1.64. The van der Waals surface area contributed by atoms with Gasteiger partial charge in [-0.2, -0.15) is 13.2 Å². The van der Waals surface area contributed by atoms with Gasteiger partial charge in [0.15, 0.2) is 0 Å². The second-order valence-electron chi connectivity index (χ2n) is 2.82. The maximum Gasteiger partial charge on any atom is 0.416 e. The fourth-order valence-corrected chi connectivity index (χ4v) is 0.980. The largest absolute Gasteiger partial charge is 0.416 e. The van der Waals surface area contributed by atoms with Crippen LogP contribution in [0, 0.1) is 10.1 Å². The summed E-state index contributed by atoms with van der Waals surface area (Å²) in [6.45, 7) is 0. The maximum absolute atomic E-state index is 12.3. The van der Waals surface area contributed by atoms with E-state index in [9.17, 15) is 23.3 Å². The molecule has 0 saturated heterocycles. The van der Waals surface area contributed by atoms with Crippen LogP contribution in [0.1, 0.15) is 5.56 Å². The van der Waals surface area contributed by atoms with Gasteiger partial charge in [-0.1, -0.05) is 6.07 Å². The first-order valence-electron chi connectivity index (χ1n) is 4.13. The monoisotopic (exact) mass is 232 g/mol. The summed E-state index contributed by atoms with van der Waals surface area (Å²) in [5.41, 5.74) is -0.681. The standard InChI is InChI=1S/C9H7F3N2O2/c10-9(11,12)7-2-1-3-8(6-7)13-4-5-14(15)16/h1-6,13H. The lowest BCUT2D eigenvalue weighted by Crippen LogP contribution is -2.05. The molecule has 0 radical (unpaired) electrons. The molecular formula is C9H7F3N2O2. The minimum Gasteiger partial charge on any atom is -0.356 e. The van der Waals surface area contributed by atoms with Crippen molar-refractivity contribution < 1.29 is 18.1 Å². The van der Waals surface area contributed by atoms with Crippen LogP contribution in [0.4, 0.5) is 18.9 Å². The van der Waals surface area contributed by atoms with Crippen molar-refractivity contribution in [1.29, 1.82) is 0 Å². The topological polar surface area (TPSA) is 55.2 Å². The lowest BCUT2D eigenvalue weighted by molar-refractivity contribution is -0.402. The first kappa shape index (κ1) is 12.0. The van der Waals surface area contributed by atoms with Crippen LogP contribution >= 0.6 is 0 Å². The average Bonchev–Trinajstić information content (AvgIpc) is 2.16. The number of hydrogen-bond donors (Lipinski definition) is 1. The second kappa shape index (κ2) is 4.65. The van der Waals surface area contributed by atoms with E-state index in [1.165, 1.54) is 12.1 Å². The molecule has 1 N–H and O–H groups in total. The van der Waals surface area contributed by atoms with Crippen molar-refractivity contribution in [1.82, 2.24) is 0 Å². The molecule has 0 bridgehead atoms. The van der Waals surface area contributed by atoms with Crippen LogP contribution in [0.25, 0.3) is 0 Å². The molecule has 0 aliphatic rings. The minimum absolute atomic E-state index is 0.132. The third kappa shape index (κ3) is 3.60. The molecule has 0 saturated carbocycles. The van der Waals surface area contributed by atoms with Gasteiger partial charge in [0.05, 0.1) is 16.7 Å². The summed E-state index contributed by atoms with van der Waals surface area (Å²) in [4.78, 5) is 9.19. The van der Waals surface area contributed by atoms with Crippen molar-refractivity contribution in [2.75, 3.05) is 5.32 Å². The van der Waals surface area contributed by atoms with Crippen molar-refractivity contribution in [2.24, 2.45) is 0 Å². The highest BCUT2D eigenvalue weighted by Crippen LogP contribution is 2.30. The summed E-state index contributed by atoms with van der Waals surface area (Å²) in [5.74, 6) is 0. The Labute approximate surface area is 88.5 Å². The van der Waals surface area contributed by atoms with Gasteiger partial charge >= 0.3 is 6.18 Å². The number of nitro groups is 1. The quantitative estimate of drug-likeness (QED) is 0.643. The van der Waals surface area contributed by atoms with Gasteiger partial charge in [0.1, 0.15) is 0 Å². The van der Waals surface area contributed by atoms with Gasteiger partial charge in [0, 0.05) is 5.69 Å². The van der Waals surface area contributed by atoms with E-state index in [0.29, 0.717) is 6.20 Å². The Morgan fingerprint density at radius 3 is 2.62 bits per heavy atom. The van der Waals surface area contributed by atoms with Crippen molar-refractivity contribution in [3.63, 3.8) is 0 Å². The summed E-state index contributed by atoms with van der Waals surface area (Å²) < 4.78 is 36.8. The van der Waals surface area contributed by atoms with Crippen molar-refractivity contribution >= 4 is 5.69 Å². The Hall–Kier alpha value is -2.05. The van der Waals surface area contributed by atoms with E-state index in [0.717, 1.165) is 18.3 Å². The number of alkyl halides is 3. The molecule has 86 valence electrons. The lowest BCUT2D eigenvalue weighted by atomic mass is 10.2. The molecule has 1 aromatic rings. The summed E-state index contributed by atoms with van der Waals surface area (Å²) >= 11 is 0. The maximum atomic E-state index is 12.3. The molecule has 0 fully saturated rings. The molecule has 4 nitrogen and oxygen atoms in total. The first-order valence-corrected chi connectivity index (χ1v) is 4.13. The van der Waals surface area contributed by atoms with Gasteiger partial charge in [-0.15, -0.1) is 0 Å². The lowest BCUT2D eigenvalue weighted by Gasteiger charge is -2.07. The van der Waals surface area contributed by atoms with Gasteiger partial charge in [-0.25, -0.2) is 0 Å². The number of halogens is 3. The van der Waals surface area contributed by atoms with E-state index in [1.807, 2.05) is 0 Å². The molecule has 0 aromatic heterocycles. The molecule has 7 heteroatoms. The average molecular weight is 232 g/mol. The zero-order valence-electron chi connectivity index (χ0n) is 7.86. The molecule has 0 heterocycles. The number of nitrogens with zero attached hydrogens (tertiary/aromatic N) is 1. The van der Waals surface area contributed by atoms with Crippen LogP contribution in [-0.2, 0) is 6.18 Å². The van der Waals surface area contributed by atoms with E-state index in [1.54, 1.807) is 0 Å². The molecule has 0 unspecified atom stereocenters. The smallest absolute Gasteiger partial charge is 0.356 e. The van der Waals surface area contributed by atoms with E-state index in [2.05, 4.69) is 5.32 Å². The van der Waals surface area contributed by atoms with Crippen molar-refractivity contribution in [3.8, 4) is 0 Å². The van der Waals surface area contributed by atoms with Gasteiger partial charge < -0.3 is 5.32 Å². The highest BCUT2D eigenvalue weighted by molar-refractivity contribution is 5.48. The molecule has 1 rings (SSSR count). The Balaban J connectivity index is 2.79. The molecule has 1 aromatic carbocycles. The van der Waals surface area contributed by atoms with Gasteiger partial charge in [0.2, 0.25) is 6.20 Å². The van der Waals surface area contributed by atoms with Crippen LogP contribution in [0.2, 0.25) is 0 Å². The molecule has 0 aliphatic carbocycles. The van der Waals surface area contributed by atoms with Crippen molar-refractivity contribution in [2.45, 2.75) is 6.18 Å². The van der Waals surface area contributed by atoms with E-state index in [-0.39, 0.29) is 5.69 Å². The Morgan fingerprint density at radius 1 is 1.38 bits per heavy atom. The predicted molar refractivity (Wildman–Crippen MR) is 51.2 cm³/mol. The predicted octanol–water partition coefficient (Wildman–Crippen LogP) is 2.87. The van der Waals surface area contributed by atoms with E-state index in [4.69, 9.17) is 0 Å². The van der Waals surface area contributed by atoms with Crippen LogP contribution in [0.5, 0.6) is 0 Å². The van der Waals surface area contributed by atoms with E-state index >= 15 is 0 Å². The van der Waals surface area contributed by atoms with Crippen LogP contribution < -0.4 is 5.32 Å². The molecule has 0 amide bonds. The van der Waals surface area contributed by atoms with Crippen LogP contribution in [0.15, 0.2) is 36.7 Å². The summed E-state index contributed by atoms with van der Waals surface area (Å²) in [6.07, 6.45) is -2.87. The number of rotatable bonds is 3. The Kier molecular flexibility index (Phi) is 3.49. The van der Waals surface area contributed by atoms with Gasteiger partial charge in [-0.3, -0.25) is 10.1 Å². The number of nitrogens with one attached hydrogen (secondary N) is 1. The first-order chi connectivity index (χ1) is 7.39. The highest BCUT2D eigenvalue weighted by Gasteiger charge is 2.30. The minimum atomic E-state index is -4.43. The zero-order chi connectivity index (χ0) is 12.2. The normalized spacial score (nSPS) is 11.7. The summed E-state index contributed by atoms with van der Waals surface area (Å²) in [7, 11) is 0. The molecular weight excluding hydrogens is 225 g/mol. The summed E-state index contributed by atoms with van der Waals surface area (Å²) in [6, 6.07) is 4.37. The molecule has 0 aliphatic heterocycles. The Morgan fingerprint density at radius 2 is 2.06 bits per heavy atom. The highest BCUT2D eigenvalue weighted by atomic mass is 19.4. The molecule has 0 spiro atoms. The van der Waals surface area contributed by atoms with Gasteiger partial charge in [0.25, 0.3) is 0 Å². The second-order valence-corrected chi connectivity index (χ2v) is 2.82. The zero-order valence-corrected chi connectivity index (χ0v) is 7.86. The molecule has 16 heavy (non-hydrogen) atoms. The number of benzene rings is 1. The fourth-order valence-electron chi connectivity index (χ4n) is 0.980. The SMILES string of the molecule is O=[N+]([O-])C=CNc1cccc(C(F)(F)F)c1. The third-order valence-corrected chi connectivity index (χ3v) is 1.64.